The van der Waals surface area contributed by atoms with Gasteiger partial charge in [0.15, 0.2) is 0 Å². The summed E-state index contributed by atoms with van der Waals surface area (Å²) >= 11 is 0. The summed E-state index contributed by atoms with van der Waals surface area (Å²) in [5.41, 5.74) is 2.25. The van der Waals surface area contributed by atoms with E-state index in [-0.39, 0.29) is 12.4 Å². The molecule has 0 radical (unpaired) electrons. The van der Waals surface area contributed by atoms with Gasteiger partial charge in [0.05, 0.1) is 0 Å². The summed E-state index contributed by atoms with van der Waals surface area (Å²) in [5, 5.41) is 10.3. The Morgan fingerprint density at radius 2 is 1.66 bits per heavy atom. The molecule has 0 heterocycles. The number of aliphatic hydroxyl groups excluding tert-OH is 1. The van der Waals surface area contributed by atoms with Gasteiger partial charge in [0.1, 0.15) is 36.6 Å². The van der Waals surface area contributed by atoms with E-state index in [4.69, 9.17) is 9.47 Å². The molecule has 2 rings (SSSR count). The number of hydrogen-bond donors (Lipinski definition) is 1. The van der Waals surface area contributed by atoms with Crippen LogP contribution in [0.2, 0.25) is 0 Å². The van der Waals surface area contributed by atoms with Crippen LogP contribution in [0.15, 0.2) is 61.2 Å². The van der Waals surface area contributed by atoms with Crippen LogP contribution in [0.25, 0.3) is 0 Å². The number of aryl methyl sites for hydroxylation is 1. The van der Waals surface area contributed by atoms with Crippen LogP contribution in [0.1, 0.15) is 24.5 Å². The number of Topliss-reactive ketones (excluding diaryl/α,β-unsaturated/α-hetero) is 1. The van der Waals surface area contributed by atoms with Gasteiger partial charge in [0.2, 0.25) is 0 Å². The number of ketones is 1. The lowest BCUT2D eigenvalue weighted by Gasteiger charge is -2.21. The summed E-state index contributed by atoms with van der Waals surface area (Å²) in [6.45, 7) is 7.19. The van der Waals surface area contributed by atoms with Crippen LogP contribution in [0.4, 0.5) is 0 Å². The molecule has 0 amide bonds. The predicted molar refractivity (Wildman–Crippen MR) is 115 cm³/mol. The van der Waals surface area contributed by atoms with Gasteiger partial charge in [0.25, 0.3) is 0 Å². The number of nitrogens with zero attached hydrogens (tertiary/aromatic N) is 1. The maximum absolute atomic E-state index is 11.1. The molecule has 5 nitrogen and oxygen atoms in total. The molecule has 0 aliphatic rings. The highest BCUT2D eigenvalue weighted by Crippen LogP contribution is 2.15. The van der Waals surface area contributed by atoms with Gasteiger partial charge < -0.3 is 19.4 Å². The number of hydrogen-bond acceptors (Lipinski definition) is 5. The minimum absolute atomic E-state index is 0.189. The van der Waals surface area contributed by atoms with Gasteiger partial charge in [-0.15, -0.1) is 0 Å². The van der Waals surface area contributed by atoms with Crippen molar-refractivity contribution in [1.82, 2.24) is 4.90 Å². The van der Waals surface area contributed by atoms with Crippen molar-refractivity contribution in [3.05, 3.63) is 72.3 Å². The van der Waals surface area contributed by atoms with E-state index in [1.807, 2.05) is 55.6 Å². The van der Waals surface area contributed by atoms with Crippen molar-refractivity contribution >= 4 is 5.78 Å². The Morgan fingerprint density at radius 3 is 2.24 bits per heavy atom. The monoisotopic (exact) mass is 397 g/mol. The van der Waals surface area contributed by atoms with Crippen LogP contribution in [-0.2, 0) is 17.8 Å². The Bertz CT molecular complexity index is 755. The zero-order valence-corrected chi connectivity index (χ0v) is 17.3. The topological polar surface area (TPSA) is 59.0 Å². The maximum atomic E-state index is 11.1. The van der Waals surface area contributed by atoms with E-state index >= 15 is 0 Å². The Kier molecular flexibility index (Phi) is 9.41. The first-order valence-corrected chi connectivity index (χ1v) is 9.86. The Labute approximate surface area is 173 Å². The number of ether oxygens (including phenoxy) is 2. The van der Waals surface area contributed by atoms with E-state index in [9.17, 15) is 9.90 Å². The van der Waals surface area contributed by atoms with Crippen LogP contribution < -0.4 is 9.47 Å². The summed E-state index contributed by atoms with van der Waals surface area (Å²) < 4.78 is 11.2. The van der Waals surface area contributed by atoms with Gasteiger partial charge >= 0.3 is 0 Å². The quantitative estimate of drug-likeness (QED) is 0.523. The minimum atomic E-state index is -0.590. The van der Waals surface area contributed by atoms with E-state index in [0.717, 1.165) is 29.8 Å². The van der Waals surface area contributed by atoms with Crippen LogP contribution in [0, 0.1) is 0 Å². The van der Waals surface area contributed by atoms with E-state index in [1.54, 1.807) is 13.0 Å². The molecule has 156 valence electrons. The second kappa shape index (κ2) is 12.0. The van der Waals surface area contributed by atoms with Gasteiger partial charge in [-0.1, -0.05) is 36.9 Å². The molecular weight excluding hydrogens is 366 g/mol. The van der Waals surface area contributed by atoms with Crippen molar-refractivity contribution in [2.75, 3.05) is 26.8 Å². The lowest BCUT2D eigenvalue weighted by Crippen LogP contribution is -2.32. The van der Waals surface area contributed by atoms with Gasteiger partial charge in [-0.05, 0) is 55.8 Å². The largest absolute Gasteiger partial charge is 0.491 e. The van der Waals surface area contributed by atoms with Gasteiger partial charge in [-0.25, -0.2) is 0 Å². The maximum Gasteiger partial charge on any atom is 0.130 e. The molecule has 2 aromatic carbocycles. The Hall–Kier alpha value is -2.63. The van der Waals surface area contributed by atoms with Crippen molar-refractivity contribution in [3.8, 4) is 11.5 Å². The number of carbonyl (C=O) groups excluding carboxylic acids is 1. The van der Waals surface area contributed by atoms with E-state index in [0.29, 0.717) is 25.3 Å². The van der Waals surface area contributed by atoms with Gasteiger partial charge in [-0.3, -0.25) is 4.90 Å². The number of benzene rings is 2. The molecule has 5 heteroatoms. The van der Waals surface area contributed by atoms with E-state index in [1.165, 1.54) is 0 Å². The Morgan fingerprint density at radius 1 is 1.07 bits per heavy atom. The Balaban J connectivity index is 1.71. The summed E-state index contributed by atoms with van der Waals surface area (Å²) in [7, 11) is 1.97. The molecule has 1 N–H and O–H groups in total. The van der Waals surface area contributed by atoms with E-state index < -0.39 is 6.10 Å². The SMILES string of the molecule is C=CCOc1ccc(CN(C)C[C@H](O)COc2ccc(CCC(C)=O)cc2)cc1. The zero-order chi connectivity index (χ0) is 21.1. The third-order valence-electron chi connectivity index (χ3n) is 4.40. The first-order chi connectivity index (χ1) is 14.0. The molecule has 1 atom stereocenters. The van der Waals surface area contributed by atoms with Crippen LogP contribution in [-0.4, -0.2) is 48.7 Å². The summed E-state index contributed by atoms with van der Waals surface area (Å²) in [4.78, 5) is 13.1. The summed E-state index contributed by atoms with van der Waals surface area (Å²) in [6, 6.07) is 15.6. The third-order valence-corrected chi connectivity index (χ3v) is 4.40. The molecule has 0 fully saturated rings. The fourth-order valence-corrected chi connectivity index (χ4v) is 2.90. The van der Waals surface area contributed by atoms with Crippen LogP contribution in [0.5, 0.6) is 11.5 Å². The third kappa shape index (κ3) is 8.94. The van der Waals surface area contributed by atoms with Crippen molar-refractivity contribution in [2.24, 2.45) is 0 Å². The lowest BCUT2D eigenvalue weighted by atomic mass is 10.1. The highest BCUT2D eigenvalue weighted by atomic mass is 16.5. The lowest BCUT2D eigenvalue weighted by molar-refractivity contribution is -0.116. The van der Waals surface area contributed by atoms with Crippen molar-refractivity contribution < 1.29 is 19.4 Å². The highest BCUT2D eigenvalue weighted by molar-refractivity contribution is 5.75. The van der Waals surface area contributed by atoms with Crippen molar-refractivity contribution in [1.29, 1.82) is 0 Å². The summed E-state index contributed by atoms with van der Waals surface area (Å²) in [5.74, 6) is 1.72. The normalized spacial score (nSPS) is 11.9. The molecule has 0 spiro atoms. The molecule has 0 bridgehead atoms. The second-order valence-electron chi connectivity index (χ2n) is 7.25. The van der Waals surface area contributed by atoms with Crippen LogP contribution in [0.3, 0.4) is 0 Å². The predicted octanol–water partition coefficient (Wildman–Crippen LogP) is 3.64. The summed E-state index contributed by atoms with van der Waals surface area (Å²) in [6.07, 6.45) is 2.42. The van der Waals surface area contributed by atoms with Gasteiger partial charge in [0, 0.05) is 19.5 Å². The molecular formula is C24H31NO4. The number of aliphatic hydroxyl groups is 1. The number of carbonyl (C=O) groups is 1. The van der Waals surface area contributed by atoms with Crippen molar-refractivity contribution in [2.45, 2.75) is 32.4 Å². The molecule has 0 unspecified atom stereocenters. The standard InChI is InChI=1S/C24H31NO4/c1-4-15-28-23-13-9-21(10-14-23)16-25(3)17-22(27)18-29-24-11-7-20(8-12-24)6-5-19(2)26/h4,7-14,22,27H,1,5-6,15-18H2,2-3H3/t22-/m0/s1. The first kappa shape index (κ1) is 22.7. The fourth-order valence-electron chi connectivity index (χ4n) is 2.90. The second-order valence-corrected chi connectivity index (χ2v) is 7.25. The van der Waals surface area contributed by atoms with Crippen LogP contribution >= 0.6 is 0 Å². The van der Waals surface area contributed by atoms with Gasteiger partial charge in [-0.2, -0.15) is 0 Å². The fraction of sp³-hybridized carbons (Fsp3) is 0.375. The smallest absolute Gasteiger partial charge is 0.130 e. The molecule has 0 aromatic heterocycles. The molecule has 29 heavy (non-hydrogen) atoms. The van der Waals surface area contributed by atoms with E-state index in [2.05, 4.69) is 11.5 Å². The van der Waals surface area contributed by atoms with Crippen molar-refractivity contribution in [3.63, 3.8) is 0 Å². The average Bonchev–Trinajstić information content (AvgIpc) is 2.71. The average molecular weight is 398 g/mol. The number of rotatable bonds is 13. The minimum Gasteiger partial charge on any atom is -0.491 e. The highest BCUT2D eigenvalue weighted by Gasteiger charge is 2.10. The molecule has 0 saturated heterocycles. The molecule has 0 saturated carbocycles. The first-order valence-electron chi connectivity index (χ1n) is 9.86. The zero-order valence-electron chi connectivity index (χ0n) is 17.3. The number of likely N-dealkylation sites (N-methyl/N-ethyl adjacent to an activating group) is 1. The molecule has 0 aliphatic carbocycles. The molecule has 2 aromatic rings. The molecule has 0 aliphatic heterocycles.